The molecule has 0 saturated carbocycles. The number of ketones is 2. The van der Waals surface area contributed by atoms with Crippen molar-refractivity contribution in [2.75, 3.05) is 58.5 Å². The van der Waals surface area contributed by atoms with Crippen molar-refractivity contribution in [3.63, 3.8) is 0 Å². The maximum atomic E-state index is 13.6. The van der Waals surface area contributed by atoms with E-state index in [4.69, 9.17) is 47.0 Å². The van der Waals surface area contributed by atoms with Crippen molar-refractivity contribution in [2.24, 2.45) is 35.0 Å². The number of non-ortho nitro benzene ring substituents is 1. The number of benzene rings is 7. The van der Waals surface area contributed by atoms with Gasteiger partial charge in [-0.2, -0.15) is 0 Å². The molecule has 726 valence electrons. The minimum absolute atomic E-state index is 0. The fourth-order valence-electron chi connectivity index (χ4n) is 14.5. The molecule has 9 rings (SSSR count). The van der Waals surface area contributed by atoms with E-state index in [2.05, 4.69) is 96.4 Å². The first kappa shape index (κ1) is 109. The van der Waals surface area contributed by atoms with Crippen LogP contribution in [0.3, 0.4) is 0 Å². The first-order valence-electron chi connectivity index (χ1n) is 45.3. The molecule has 2 aliphatic rings. The summed E-state index contributed by atoms with van der Waals surface area (Å²) in [4.78, 5) is 172. The van der Waals surface area contributed by atoms with Crippen molar-refractivity contribution in [2.45, 2.75) is 207 Å². The predicted molar refractivity (Wildman–Crippen MR) is 507 cm³/mol. The first-order chi connectivity index (χ1) is 64.1. The number of unbranched alkanes of at least 4 members (excludes halogenated alkanes) is 4. The number of esters is 1. The van der Waals surface area contributed by atoms with Crippen LogP contribution in [0.15, 0.2) is 170 Å². The molecule has 0 bridgehead atoms. The number of nitrogens with one attached hydrogen (secondary N) is 9. The summed E-state index contributed by atoms with van der Waals surface area (Å²) in [5.74, 6) is -3.41. The topological polar surface area (TPSA) is 507 Å². The van der Waals surface area contributed by atoms with E-state index in [0.29, 0.717) is 88.5 Å². The monoisotopic (exact) mass is 1880 g/mol. The molecular weight excluding hydrogens is 1750 g/mol. The Labute approximate surface area is 788 Å². The van der Waals surface area contributed by atoms with E-state index < -0.39 is 90.0 Å². The molecule has 0 unspecified atom stereocenters. The molecule has 134 heavy (non-hydrogen) atoms. The molecule has 7 aromatic rings. The van der Waals surface area contributed by atoms with Crippen LogP contribution in [0.1, 0.15) is 204 Å². The van der Waals surface area contributed by atoms with Crippen molar-refractivity contribution in [3.8, 4) is 28.0 Å². The van der Waals surface area contributed by atoms with Gasteiger partial charge >= 0.3 is 42.5 Å². The fraction of sp³-hybridized carbons (Fsp3) is 0.439. The molecule has 0 saturated heterocycles. The number of carbonyl (C=O) groups excluding carboxylic acids is 13. The van der Waals surface area contributed by atoms with Crippen LogP contribution >= 0.6 is 12.4 Å². The molecule has 7 aromatic carbocycles. The second-order valence-corrected chi connectivity index (χ2v) is 33.3. The number of fused-ring (bicyclic) bond motifs is 6. The molecule has 0 spiro atoms. The Balaban J connectivity index is 0.000000420. The van der Waals surface area contributed by atoms with Gasteiger partial charge in [-0.3, -0.25) is 48.1 Å². The Morgan fingerprint density at radius 3 is 1.40 bits per heavy atom. The van der Waals surface area contributed by atoms with Crippen LogP contribution in [0.2, 0.25) is 0 Å². The lowest BCUT2D eigenvalue weighted by Gasteiger charge is -2.25. The summed E-state index contributed by atoms with van der Waals surface area (Å²) < 4.78 is 47.0. The van der Waals surface area contributed by atoms with E-state index >= 15 is 0 Å². The number of alkyl carbamates (subject to hydrolysis) is 3. The number of urea groups is 2. The molecule has 15 N–H and O–H groups in total. The van der Waals surface area contributed by atoms with Gasteiger partial charge in [0, 0.05) is 93.9 Å². The number of primary amides is 2. The van der Waals surface area contributed by atoms with E-state index in [-0.39, 0.29) is 155 Å². The van der Waals surface area contributed by atoms with Crippen molar-refractivity contribution in [1.82, 2.24) is 42.5 Å². The van der Waals surface area contributed by atoms with Crippen molar-refractivity contribution in [3.05, 3.63) is 219 Å². The van der Waals surface area contributed by atoms with E-state index in [1.165, 1.54) is 35.4 Å². The predicted octanol–water partition coefficient (Wildman–Crippen LogP) is 14.8. The summed E-state index contributed by atoms with van der Waals surface area (Å²) in [6, 6.07) is 46.8. The quantitative estimate of drug-likeness (QED) is 0.00321. The highest BCUT2D eigenvalue weighted by molar-refractivity contribution is 5.99. The van der Waals surface area contributed by atoms with Gasteiger partial charge in [0.05, 0.1) is 26.2 Å². The summed E-state index contributed by atoms with van der Waals surface area (Å²) in [6.07, 6.45) is 4.02. The van der Waals surface area contributed by atoms with Crippen molar-refractivity contribution < 1.29 is 101 Å². The van der Waals surface area contributed by atoms with Gasteiger partial charge < -0.3 is 93.5 Å². The number of carbonyl (C=O) groups is 13. The third-order valence-electron chi connectivity index (χ3n) is 21.3. The largest absolute Gasteiger partial charge is 0.514 e. The van der Waals surface area contributed by atoms with Crippen LogP contribution in [-0.2, 0) is 76.9 Å². The molecule has 11 amide bonds. The number of anilines is 1. The van der Waals surface area contributed by atoms with Gasteiger partial charge in [0.2, 0.25) is 23.6 Å². The Hall–Kier alpha value is -13.6. The zero-order chi connectivity index (χ0) is 98.1. The Morgan fingerprint density at radius 1 is 0.500 bits per heavy atom. The number of rotatable bonds is 47. The number of nitro benzene ring substituents is 1. The van der Waals surface area contributed by atoms with Crippen LogP contribution in [0.25, 0.3) is 22.3 Å². The SMILES string of the molecule is CC(C)(C)OC(=O)NCN.CC(C)[C@H](NC(=O)CCCCCNC(=O)OCC1c2ccccc2-c2ccccc21)C(=O)N[C@@H](CCCNC(N)=O)C(=O)Nc1ccc(COC(=O)Oc2ccc([N+](=O)[O-])cc2)cc1.CCCC(=O)OCc1ccc(CC(=O)[C@H](CCCNC(N)=O)NC(=O)[C@@H](CC(=O)CCCCCNC(=O)OCC2c3ccccc3-c3ccccc32)C(C)C)cc1.Cl.[2H]CF. The molecule has 0 radical (unpaired) electrons. The molecule has 4 atom stereocenters. The minimum atomic E-state index is -1.05. The number of hydrogen-bond acceptors (Lipinski definition) is 22. The Morgan fingerprint density at radius 2 is 0.948 bits per heavy atom. The van der Waals surface area contributed by atoms with Crippen LogP contribution in [0, 0.1) is 27.9 Å². The maximum absolute atomic E-state index is 13.6. The molecule has 0 aromatic heterocycles. The highest BCUT2D eigenvalue weighted by atomic mass is 35.5. The van der Waals surface area contributed by atoms with E-state index in [1.54, 1.807) is 83.1 Å². The lowest BCUT2D eigenvalue weighted by atomic mass is 9.88. The number of nitro groups is 1. The zero-order valence-electron chi connectivity index (χ0n) is 78.2. The van der Waals surface area contributed by atoms with E-state index in [9.17, 15) is 76.8 Å². The fourth-order valence-corrected chi connectivity index (χ4v) is 14.5. The van der Waals surface area contributed by atoms with Crippen LogP contribution in [-0.4, -0.2) is 160 Å². The molecule has 34 nitrogen and oxygen atoms in total. The minimum Gasteiger partial charge on any atom is -0.461 e. The average molecular weight is 1880 g/mol. The van der Waals surface area contributed by atoms with Gasteiger partial charge in [0.1, 0.15) is 55.6 Å². The molecule has 0 aliphatic heterocycles. The summed E-state index contributed by atoms with van der Waals surface area (Å²) in [5.41, 5.74) is 26.5. The lowest BCUT2D eigenvalue weighted by Crippen LogP contribution is -2.54. The third-order valence-corrected chi connectivity index (χ3v) is 21.3. The molecule has 36 heteroatoms. The van der Waals surface area contributed by atoms with Gasteiger partial charge in [0.15, 0.2) is 5.78 Å². The second kappa shape index (κ2) is 59.0. The Bertz CT molecular complexity index is 4920. The number of Topliss-reactive ketones (excluding diaryl/α,β-unsaturated/α-hetero) is 2. The summed E-state index contributed by atoms with van der Waals surface area (Å²) in [5, 5.41) is 34.9. The number of alkyl halides is 1. The lowest BCUT2D eigenvalue weighted by molar-refractivity contribution is -0.384. The number of amides is 11. The van der Waals surface area contributed by atoms with Crippen molar-refractivity contribution in [1.29, 1.82) is 0 Å². The van der Waals surface area contributed by atoms with Gasteiger partial charge in [-0.1, -0.05) is 181 Å². The maximum Gasteiger partial charge on any atom is 0.514 e. The van der Waals surface area contributed by atoms with Gasteiger partial charge in [-0.25, -0.2) is 28.8 Å². The summed E-state index contributed by atoms with van der Waals surface area (Å²) >= 11 is 0. The standard InChI is InChI=1S/C46H53N7O11.C45H58N4O8.C6H14N2O2.CH3F.ClH/c1-29(2)41(52-40(54)16-4-3-9-25-49-45(58)62-28-38-36-13-7-5-11-34(36)35-12-6-8-14-37(35)38)43(56)51-39(15-10-26-48-44(47)57)42(55)50-31-19-17-30(18-20-31)27-63-46(59)64-33-23-21-32(22-24-33)53(60)61;1-4-13-42(52)56-28-32-22-20-31(21-23-32)26-41(51)40(19-12-25-47-44(46)54)49-43(53)38(30(2)3)27-33(50)14-6-5-11-24-48-45(55)57-29-39-36-17-9-7-15-34(36)35-16-8-10-18-37(35)39;1-6(2,3)10-5(9)8-4-7;1-2;/h5-8,11-14,17-24,29,38-39,41H,3-4,9-10,15-16,25-28H2,1-2H3,(H,49,58)(H,50,55)(H,51,56)(H,52,54)(H3,47,48,57);7-10,15-18,20-23,30,38-40H,4-6,11-14,19,24-29H2,1-3H3,(H,48,55)(H,49,53)(H3,46,47,54);4,7H2,1-3H3,(H,8,9);1H3;1H/t39-,41-;38-,40-;;;/m00.../s1/i;;;1D;. The number of nitrogens with two attached hydrogens (primary N) is 3. The average Bonchev–Trinajstić information content (AvgIpc) is 1.62. The highest BCUT2D eigenvalue weighted by Crippen LogP contribution is 2.46. The highest BCUT2D eigenvalue weighted by Gasteiger charge is 2.34. The van der Waals surface area contributed by atoms with Gasteiger partial charge in [0.25, 0.3) is 5.69 Å². The number of halogens is 2. The smallest absolute Gasteiger partial charge is 0.461 e. The Kier molecular flexibility index (Phi) is 48.1. The van der Waals surface area contributed by atoms with Gasteiger partial charge in [-0.15, -0.1) is 12.4 Å². The van der Waals surface area contributed by atoms with Crippen LogP contribution in [0.5, 0.6) is 5.75 Å². The molecule has 0 heterocycles. The normalized spacial score (nSPS) is 12.3. The van der Waals surface area contributed by atoms with E-state index in [1.807, 2.05) is 69.3 Å². The van der Waals surface area contributed by atoms with Crippen LogP contribution < -0.4 is 69.8 Å². The molecule has 2 aliphatic carbocycles. The zero-order valence-corrected chi connectivity index (χ0v) is 78.0. The summed E-state index contributed by atoms with van der Waals surface area (Å²) in [6.45, 7) is 16.3. The second-order valence-electron chi connectivity index (χ2n) is 33.3. The number of hydrogen-bond donors (Lipinski definition) is 12. The van der Waals surface area contributed by atoms with E-state index in [0.717, 1.165) is 50.9 Å². The van der Waals surface area contributed by atoms with Crippen LogP contribution in [0.4, 0.5) is 44.5 Å². The molecule has 0 fully saturated rings. The van der Waals surface area contributed by atoms with Crippen molar-refractivity contribution >= 4 is 101 Å². The molecular formula is C98H129ClFN13O21. The summed E-state index contributed by atoms with van der Waals surface area (Å²) in [7, 11) is -1.00. The first-order valence-corrected chi connectivity index (χ1v) is 44.6. The third kappa shape index (κ3) is 39.5. The number of nitrogens with zero attached hydrogens (tertiary/aromatic N) is 1. The van der Waals surface area contributed by atoms with Gasteiger partial charge in [-0.05, 0) is 176 Å². The number of ether oxygens (including phenoxy) is 6.